The van der Waals surface area contributed by atoms with Gasteiger partial charge in [0.15, 0.2) is 0 Å². The summed E-state index contributed by atoms with van der Waals surface area (Å²) in [5, 5.41) is 13.2. The predicted octanol–water partition coefficient (Wildman–Crippen LogP) is 2.41. The van der Waals surface area contributed by atoms with Crippen LogP contribution in [-0.4, -0.2) is 17.6 Å². The second-order valence-corrected chi connectivity index (χ2v) is 4.99. The highest BCUT2D eigenvalue weighted by atomic mass is 32.1. The minimum absolute atomic E-state index is 0.146. The van der Waals surface area contributed by atoms with Crippen LogP contribution in [0.4, 0.5) is 10.1 Å². The van der Waals surface area contributed by atoms with E-state index >= 15 is 0 Å². The Labute approximate surface area is 120 Å². The highest BCUT2D eigenvalue weighted by molar-refractivity contribution is 7.10. The molecule has 0 saturated carbocycles. The Hall–Kier alpha value is -2.16. The normalized spacial score (nSPS) is 9.70. The van der Waals surface area contributed by atoms with Crippen molar-refractivity contribution >= 4 is 22.9 Å². The van der Waals surface area contributed by atoms with Crippen LogP contribution in [0.25, 0.3) is 0 Å². The average Bonchev–Trinajstić information content (AvgIpc) is 2.92. The van der Waals surface area contributed by atoms with Gasteiger partial charge in [-0.05, 0) is 29.6 Å². The summed E-state index contributed by atoms with van der Waals surface area (Å²) < 4.78 is 13.4. The maximum Gasteiger partial charge on any atom is 0.229 e. The van der Waals surface area contributed by atoms with Crippen molar-refractivity contribution in [1.82, 2.24) is 0 Å². The third-order valence-corrected chi connectivity index (χ3v) is 3.34. The molecule has 0 aliphatic carbocycles. The SMILES string of the molecule is O=C(Cc1cccs1)Nc1ccc(F)c(C#CCO)c1. The fraction of sp³-hybridized carbons (Fsp3) is 0.133. The second kappa shape index (κ2) is 6.85. The van der Waals surface area contributed by atoms with Gasteiger partial charge in [-0.15, -0.1) is 11.3 Å². The van der Waals surface area contributed by atoms with E-state index in [4.69, 9.17) is 5.11 Å². The van der Waals surface area contributed by atoms with Crippen LogP contribution in [0.1, 0.15) is 10.4 Å². The Morgan fingerprint density at radius 3 is 2.95 bits per heavy atom. The third kappa shape index (κ3) is 3.92. The Kier molecular flexibility index (Phi) is 4.88. The maximum absolute atomic E-state index is 13.4. The highest BCUT2D eigenvalue weighted by Crippen LogP contribution is 2.15. The molecule has 1 aromatic carbocycles. The van der Waals surface area contributed by atoms with E-state index in [1.165, 1.54) is 29.5 Å². The first-order chi connectivity index (χ1) is 9.69. The van der Waals surface area contributed by atoms with Crippen LogP contribution in [0.5, 0.6) is 0 Å². The molecule has 102 valence electrons. The number of amides is 1. The first-order valence-corrected chi connectivity index (χ1v) is 6.78. The number of hydrogen-bond donors (Lipinski definition) is 2. The van der Waals surface area contributed by atoms with Crippen molar-refractivity contribution in [2.45, 2.75) is 6.42 Å². The molecule has 5 heteroatoms. The smallest absolute Gasteiger partial charge is 0.229 e. The molecule has 0 aliphatic rings. The molecule has 0 spiro atoms. The van der Waals surface area contributed by atoms with Crippen molar-refractivity contribution < 1.29 is 14.3 Å². The number of carbonyl (C=O) groups excluding carboxylic acids is 1. The number of aliphatic hydroxyl groups excluding tert-OH is 1. The number of thiophene rings is 1. The van der Waals surface area contributed by atoms with E-state index in [9.17, 15) is 9.18 Å². The Morgan fingerprint density at radius 1 is 1.40 bits per heavy atom. The van der Waals surface area contributed by atoms with Gasteiger partial charge in [0.1, 0.15) is 12.4 Å². The molecule has 3 nitrogen and oxygen atoms in total. The molecule has 1 amide bonds. The van der Waals surface area contributed by atoms with Crippen molar-refractivity contribution in [2.75, 3.05) is 11.9 Å². The largest absolute Gasteiger partial charge is 0.384 e. The van der Waals surface area contributed by atoms with Crippen LogP contribution in [0.3, 0.4) is 0 Å². The molecule has 2 aromatic rings. The van der Waals surface area contributed by atoms with Gasteiger partial charge in [0.25, 0.3) is 0 Å². The fourth-order valence-corrected chi connectivity index (χ4v) is 2.31. The van der Waals surface area contributed by atoms with Crippen molar-refractivity contribution in [1.29, 1.82) is 0 Å². The van der Waals surface area contributed by atoms with Gasteiger partial charge in [0, 0.05) is 10.6 Å². The molecule has 0 atom stereocenters. The van der Waals surface area contributed by atoms with E-state index in [1.54, 1.807) is 0 Å². The second-order valence-electron chi connectivity index (χ2n) is 3.96. The zero-order chi connectivity index (χ0) is 14.4. The topological polar surface area (TPSA) is 49.3 Å². The average molecular weight is 289 g/mol. The zero-order valence-corrected chi connectivity index (χ0v) is 11.3. The first kappa shape index (κ1) is 14.3. The summed E-state index contributed by atoms with van der Waals surface area (Å²) in [4.78, 5) is 12.8. The molecule has 1 aromatic heterocycles. The lowest BCUT2D eigenvalue weighted by molar-refractivity contribution is -0.115. The third-order valence-electron chi connectivity index (χ3n) is 2.47. The fourth-order valence-electron chi connectivity index (χ4n) is 1.61. The molecule has 0 bridgehead atoms. The Bertz CT molecular complexity index is 656. The standard InChI is InChI=1S/C15H12FNO2S/c16-14-6-5-12(9-11(14)3-1-7-18)17-15(19)10-13-4-2-8-20-13/h2,4-6,8-9,18H,7,10H2,(H,17,19). The van der Waals surface area contributed by atoms with Gasteiger partial charge in [-0.1, -0.05) is 17.9 Å². The molecular formula is C15H12FNO2S. The van der Waals surface area contributed by atoms with Gasteiger partial charge < -0.3 is 10.4 Å². The molecule has 0 fully saturated rings. The number of benzene rings is 1. The monoisotopic (exact) mass is 289 g/mol. The van der Waals surface area contributed by atoms with Crippen molar-refractivity contribution in [3.63, 3.8) is 0 Å². The lowest BCUT2D eigenvalue weighted by atomic mass is 10.2. The van der Waals surface area contributed by atoms with Crippen molar-refractivity contribution in [3.05, 3.63) is 52.0 Å². The van der Waals surface area contributed by atoms with Crippen LogP contribution >= 0.6 is 11.3 Å². The molecule has 0 saturated heterocycles. The lowest BCUT2D eigenvalue weighted by Gasteiger charge is -2.05. The number of aliphatic hydroxyl groups is 1. The van der Waals surface area contributed by atoms with E-state index in [-0.39, 0.29) is 24.5 Å². The lowest BCUT2D eigenvalue weighted by Crippen LogP contribution is -2.13. The molecule has 0 aliphatic heterocycles. The summed E-state index contributed by atoms with van der Waals surface area (Å²) in [7, 11) is 0. The Balaban J connectivity index is 2.07. The summed E-state index contributed by atoms with van der Waals surface area (Å²) in [5.74, 6) is 4.22. The van der Waals surface area contributed by atoms with Gasteiger partial charge in [-0.2, -0.15) is 0 Å². The van der Waals surface area contributed by atoms with Crippen LogP contribution < -0.4 is 5.32 Å². The summed E-state index contributed by atoms with van der Waals surface area (Å²) in [6, 6.07) is 7.93. The summed E-state index contributed by atoms with van der Waals surface area (Å²) >= 11 is 1.51. The minimum atomic E-state index is -0.484. The van der Waals surface area contributed by atoms with Gasteiger partial charge in [-0.3, -0.25) is 4.79 Å². The number of hydrogen-bond acceptors (Lipinski definition) is 3. The summed E-state index contributed by atoms with van der Waals surface area (Å²) in [6.07, 6.45) is 0.284. The zero-order valence-electron chi connectivity index (χ0n) is 10.5. The van der Waals surface area contributed by atoms with Crippen molar-refractivity contribution in [3.8, 4) is 11.8 Å². The number of nitrogens with one attached hydrogen (secondary N) is 1. The maximum atomic E-state index is 13.4. The summed E-state index contributed by atoms with van der Waals surface area (Å²) in [5.41, 5.74) is 0.628. The Morgan fingerprint density at radius 2 is 2.25 bits per heavy atom. The van der Waals surface area contributed by atoms with E-state index in [2.05, 4.69) is 17.2 Å². The predicted molar refractivity (Wildman–Crippen MR) is 77.0 cm³/mol. The van der Waals surface area contributed by atoms with Gasteiger partial charge in [-0.25, -0.2) is 4.39 Å². The number of anilines is 1. The minimum Gasteiger partial charge on any atom is -0.384 e. The van der Waals surface area contributed by atoms with E-state index in [0.29, 0.717) is 5.69 Å². The molecule has 0 radical (unpaired) electrons. The highest BCUT2D eigenvalue weighted by Gasteiger charge is 2.07. The molecular weight excluding hydrogens is 277 g/mol. The number of rotatable bonds is 3. The number of carbonyl (C=O) groups is 1. The molecule has 2 rings (SSSR count). The van der Waals surface area contributed by atoms with Crippen LogP contribution in [-0.2, 0) is 11.2 Å². The molecule has 1 heterocycles. The summed E-state index contributed by atoms with van der Waals surface area (Å²) in [6.45, 7) is -0.339. The molecule has 0 unspecified atom stereocenters. The van der Waals surface area contributed by atoms with Crippen molar-refractivity contribution in [2.24, 2.45) is 0 Å². The van der Waals surface area contributed by atoms with Gasteiger partial charge in [0.05, 0.1) is 12.0 Å². The first-order valence-electron chi connectivity index (χ1n) is 5.90. The van der Waals surface area contributed by atoms with Crippen LogP contribution in [0.2, 0.25) is 0 Å². The van der Waals surface area contributed by atoms with E-state index in [1.807, 2.05) is 17.5 Å². The van der Waals surface area contributed by atoms with E-state index < -0.39 is 5.82 Å². The molecule has 2 N–H and O–H groups in total. The van der Waals surface area contributed by atoms with Gasteiger partial charge in [0.2, 0.25) is 5.91 Å². The van der Waals surface area contributed by atoms with Crippen LogP contribution in [0, 0.1) is 17.7 Å². The quantitative estimate of drug-likeness (QED) is 0.853. The van der Waals surface area contributed by atoms with Gasteiger partial charge >= 0.3 is 0 Å². The molecule has 20 heavy (non-hydrogen) atoms. The van der Waals surface area contributed by atoms with Crippen LogP contribution in [0.15, 0.2) is 35.7 Å². The van der Waals surface area contributed by atoms with E-state index in [0.717, 1.165) is 4.88 Å². The number of halogens is 1.